The molecule has 9 heavy (non-hydrogen) atoms. The third kappa shape index (κ3) is 11.7. The van der Waals surface area contributed by atoms with E-state index in [9.17, 15) is 0 Å². The van der Waals surface area contributed by atoms with Gasteiger partial charge >= 0.3 is 28.7 Å². The average Bonchev–Trinajstić information content (AvgIpc) is 2.23. The first kappa shape index (κ1) is 16.1. The molecule has 0 atom stereocenters. The van der Waals surface area contributed by atoms with Gasteiger partial charge in [-0.05, 0) is 0 Å². The Hall–Kier alpha value is 0.274. The Labute approximate surface area is 70.1 Å². The summed E-state index contributed by atoms with van der Waals surface area (Å²) in [6, 6.07) is 10.0. The zero-order valence-corrected chi connectivity index (χ0v) is 7.08. The molecular formula is C5H9ClO2Ti. The number of halogens is 1. The Balaban J connectivity index is -0.0000000836. The van der Waals surface area contributed by atoms with Gasteiger partial charge in [0.1, 0.15) is 0 Å². The Bertz CT molecular complexity index is 71.4. The zero-order valence-electron chi connectivity index (χ0n) is 4.76. The molecule has 0 bridgehead atoms. The maximum atomic E-state index is 4.64. The van der Waals surface area contributed by atoms with E-state index in [0.717, 1.165) is 0 Å². The van der Waals surface area contributed by atoms with Crippen molar-refractivity contribution in [2.75, 3.05) is 0 Å². The summed E-state index contributed by atoms with van der Waals surface area (Å²) < 4.78 is 0. The molecule has 0 heterocycles. The molecule has 0 amide bonds. The third-order valence-electron chi connectivity index (χ3n) is 0.556. The van der Waals surface area contributed by atoms with Crippen LogP contribution in [0.2, 0.25) is 0 Å². The minimum Gasteiger partial charge on any atom is -0.214 e. The Morgan fingerprint density at radius 1 is 1.00 bits per heavy atom. The van der Waals surface area contributed by atoms with E-state index in [2.05, 4.69) is 9.30 Å². The summed E-state index contributed by atoms with van der Waals surface area (Å²) in [6.07, 6.45) is 0. The van der Waals surface area contributed by atoms with Gasteiger partial charge in [0.25, 0.3) is 0 Å². The van der Waals surface area contributed by atoms with Crippen LogP contribution in [0, 0.1) is 0 Å². The van der Waals surface area contributed by atoms with E-state index in [0.29, 0.717) is 0 Å². The first-order valence-corrected chi connectivity index (χ1v) is 4.00. The van der Waals surface area contributed by atoms with Gasteiger partial charge in [-0.15, -0.1) is 0 Å². The van der Waals surface area contributed by atoms with E-state index >= 15 is 0 Å². The van der Waals surface area contributed by atoms with Gasteiger partial charge in [-0.3, -0.25) is 0 Å². The van der Waals surface area contributed by atoms with E-state index in [1.54, 1.807) is 0 Å². The maximum absolute atomic E-state index is 4.64. The molecule has 4 heteroatoms. The summed E-state index contributed by atoms with van der Waals surface area (Å²) in [6.45, 7) is 0. The largest absolute Gasteiger partial charge is 0.214 e. The normalized spacial score (nSPS) is 4.89. The second-order valence-corrected chi connectivity index (χ2v) is 0.962. The van der Waals surface area contributed by atoms with Crippen molar-refractivity contribution in [3.63, 3.8) is 0 Å². The summed E-state index contributed by atoms with van der Waals surface area (Å²) >= 11 is 1.47. The average molecular weight is 184 g/mol. The van der Waals surface area contributed by atoms with E-state index in [1.165, 1.54) is 19.4 Å². The van der Waals surface area contributed by atoms with Gasteiger partial charge in [0, 0.05) is 0 Å². The minimum absolute atomic E-state index is 0. The van der Waals surface area contributed by atoms with Crippen LogP contribution in [0.5, 0.6) is 0 Å². The zero-order chi connectivity index (χ0) is 5.54. The van der Waals surface area contributed by atoms with Crippen molar-refractivity contribution in [1.82, 2.24) is 0 Å². The van der Waals surface area contributed by atoms with E-state index in [4.69, 9.17) is 0 Å². The van der Waals surface area contributed by atoms with Crippen LogP contribution in [-0.2, 0) is 19.4 Å². The van der Waals surface area contributed by atoms with Crippen LogP contribution in [0.1, 0.15) is 0 Å². The molecule has 0 aliphatic heterocycles. The topological polar surface area (TPSA) is 63.0 Å². The fraction of sp³-hybridized carbons (Fsp3) is 0. The smallest absolute Gasteiger partial charge is 0.172 e. The molecule has 0 spiro atoms. The molecule has 4 N–H and O–H groups in total. The molecule has 0 aliphatic carbocycles. The molecule has 0 aromatic heterocycles. The van der Waals surface area contributed by atoms with E-state index in [-0.39, 0.29) is 11.0 Å². The molecule has 1 aromatic carbocycles. The van der Waals surface area contributed by atoms with Crippen LogP contribution in [0.4, 0.5) is 0 Å². The summed E-state index contributed by atoms with van der Waals surface area (Å²) in [5.41, 5.74) is 0. The van der Waals surface area contributed by atoms with Crippen LogP contribution in [-0.4, -0.2) is 11.0 Å². The molecule has 0 aliphatic rings. The minimum atomic E-state index is 0. The van der Waals surface area contributed by atoms with Crippen molar-refractivity contribution in [1.29, 1.82) is 0 Å². The molecule has 0 unspecified atom stereocenters. The molecule has 0 saturated heterocycles. The number of rotatable bonds is 0. The van der Waals surface area contributed by atoms with E-state index < -0.39 is 0 Å². The van der Waals surface area contributed by atoms with Gasteiger partial charge in [0.2, 0.25) is 0 Å². The maximum Gasteiger partial charge on any atom is -0.172 e. The molecule has 0 fully saturated rings. The molecular weight excluding hydrogens is 175 g/mol. The molecule has 52 valence electrons. The summed E-state index contributed by atoms with van der Waals surface area (Å²) in [5, 5.41) is 0. The number of hydrogen-bond acceptors (Lipinski definition) is 0. The van der Waals surface area contributed by atoms with Crippen LogP contribution < -0.4 is 0 Å². The van der Waals surface area contributed by atoms with Crippen LogP contribution in [0.3, 0.4) is 0 Å². The second-order valence-electron chi connectivity index (χ2n) is 0.962. The summed E-state index contributed by atoms with van der Waals surface area (Å²) in [7, 11) is 4.64. The molecule has 1 aromatic rings. The van der Waals surface area contributed by atoms with Gasteiger partial charge in [-0.25, -0.2) is 12.1 Å². The standard InChI is InChI=1S/C5H5.ClH.2H2O.Ti/c1-2-4-5-3-1;;;;/h1-5H;1H;2*1H2;/q-1;;;;+2/p-1. The van der Waals surface area contributed by atoms with Crippen molar-refractivity contribution in [3.05, 3.63) is 30.3 Å². The molecule has 1 rings (SSSR count). The fourth-order valence-electron chi connectivity index (χ4n) is 0.321. The summed E-state index contributed by atoms with van der Waals surface area (Å²) in [5.74, 6) is 0. The quantitative estimate of drug-likeness (QED) is 0.415. The Morgan fingerprint density at radius 3 is 1.44 bits per heavy atom. The second kappa shape index (κ2) is 15.7. The third-order valence-corrected chi connectivity index (χ3v) is 0.556. The van der Waals surface area contributed by atoms with Crippen LogP contribution in [0.15, 0.2) is 30.3 Å². The van der Waals surface area contributed by atoms with Crippen molar-refractivity contribution in [2.24, 2.45) is 0 Å². The van der Waals surface area contributed by atoms with Gasteiger partial charge in [-0.2, -0.15) is 18.2 Å². The van der Waals surface area contributed by atoms with Gasteiger partial charge in [-0.1, -0.05) is 0 Å². The van der Waals surface area contributed by atoms with Crippen molar-refractivity contribution in [2.45, 2.75) is 0 Å². The molecule has 0 radical (unpaired) electrons. The van der Waals surface area contributed by atoms with Crippen molar-refractivity contribution < 1.29 is 30.3 Å². The van der Waals surface area contributed by atoms with Crippen molar-refractivity contribution >= 4 is 9.30 Å². The number of hydrogen-bond donors (Lipinski definition) is 0. The predicted octanol–water partition coefficient (Wildman–Crippen LogP) is 0.443. The summed E-state index contributed by atoms with van der Waals surface area (Å²) in [4.78, 5) is 0. The first-order chi connectivity index (χ1) is 3.50. The van der Waals surface area contributed by atoms with Gasteiger partial charge in [0.05, 0.1) is 0 Å². The monoisotopic (exact) mass is 184 g/mol. The molecule has 0 saturated carbocycles. The first-order valence-electron chi connectivity index (χ1n) is 1.86. The molecule has 2 nitrogen and oxygen atoms in total. The van der Waals surface area contributed by atoms with Crippen molar-refractivity contribution in [3.8, 4) is 0 Å². The van der Waals surface area contributed by atoms with Gasteiger partial charge in [0.15, 0.2) is 0 Å². The Morgan fingerprint density at radius 2 is 1.33 bits per heavy atom. The van der Waals surface area contributed by atoms with E-state index in [1.807, 2.05) is 30.3 Å². The fourth-order valence-corrected chi connectivity index (χ4v) is 0.321. The van der Waals surface area contributed by atoms with Gasteiger partial charge < -0.3 is 11.0 Å². The predicted molar refractivity (Wildman–Crippen MR) is 35.1 cm³/mol. The Kier molecular flexibility index (Phi) is 28.2. The van der Waals surface area contributed by atoms with Crippen LogP contribution >= 0.6 is 9.30 Å². The SMILES string of the molecule is O.O.[Cl][Ti+].c1cc[cH-]c1. The van der Waals surface area contributed by atoms with Crippen LogP contribution in [0.25, 0.3) is 0 Å².